The average molecular weight is 275 g/mol. The quantitative estimate of drug-likeness (QED) is 0.870. The molecular formula is C13H17N5S. The summed E-state index contributed by atoms with van der Waals surface area (Å²) < 4.78 is 0. The minimum absolute atomic E-state index is 0.838. The van der Waals surface area contributed by atoms with Crippen molar-refractivity contribution in [1.82, 2.24) is 20.5 Å². The van der Waals surface area contributed by atoms with Gasteiger partial charge in [-0.2, -0.15) is 4.98 Å². The van der Waals surface area contributed by atoms with E-state index in [-0.39, 0.29) is 0 Å². The molecule has 0 saturated carbocycles. The zero-order valence-electron chi connectivity index (χ0n) is 10.8. The summed E-state index contributed by atoms with van der Waals surface area (Å²) in [6, 6.07) is 2.29. The Morgan fingerprint density at radius 3 is 2.95 bits per heavy atom. The maximum Gasteiger partial charge on any atom is 0.245 e. The SMILES string of the molecule is c1c(-c2nc(N3CCNCC3)n[nH]2)sc2c1CCC2. The topological polar surface area (TPSA) is 56.8 Å². The van der Waals surface area contributed by atoms with E-state index < -0.39 is 0 Å². The Hall–Kier alpha value is -1.40. The second-order valence-corrected chi connectivity index (χ2v) is 6.27. The number of aryl methyl sites for hydroxylation is 2. The van der Waals surface area contributed by atoms with E-state index in [1.807, 2.05) is 11.3 Å². The van der Waals surface area contributed by atoms with Crippen LogP contribution in [0.25, 0.3) is 10.7 Å². The molecule has 0 unspecified atom stereocenters. The Kier molecular flexibility index (Phi) is 2.77. The average Bonchev–Trinajstić information content (AvgIpc) is 3.14. The van der Waals surface area contributed by atoms with Crippen LogP contribution in [0.4, 0.5) is 5.95 Å². The maximum atomic E-state index is 4.66. The van der Waals surface area contributed by atoms with Gasteiger partial charge in [0.1, 0.15) is 0 Å². The summed E-state index contributed by atoms with van der Waals surface area (Å²) in [6.45, 7) is 3.99. The van der Waals surface area contributed by atoms with E-state index in [2.05, 4.69) is 31.5 Å². The van der Waals surface area contributed by atoms with Crippen LogP contribution in [0.1, 0.15) is 16.9 Å². The van der Waals surface area contributed by atoms with Crippen molar-refractivity contribution in [1.29, 1.82) is 0 Å². The van der Waals surface area contributed by atoms with Crippen molar-refractivity contribution in [2.75, 3.05) is 31.1 Å². The first kappa shape index (κ1) is 11.4. The number of H-pyrrole nitrogens is 1. The van der Waals surface area contributed by atoms with Crippen molar-refractivity contribution in [3.05, 3.63) is 16.5 Å². The van der Waals surface area contributed by atoms with Crippen LogP contribution < -0.4 is 10.2 Å². The van der Waals surface area contributed by atoms with Crippen LogP contribution >= 0.6 is 11.3 Å². The third kappa shape index (κ3) is 2.04. The third-order valence-corrected chi connectivity index (χ3v) is 5.10. The Morgan fingerprint density at radius 1 is 1.21 bits per heavy atom. The predicted octanol–water partition coefficient (Wildman–Crippen LogP) is 1.43. The first-order valence-electron chi connectivity index (χ1n) is 6.90. The van der Waals surface area contributed by atoms with Crippen LogP contribution in [-0.2, 0) is 12.8 Å². The van der Waals surface area contributed by atoms with Gasteiger partial charge in [-0.25, -0.2) is 0 Å². The molecule has 0 bridgehead atoms. The molecule has 1 saturated heterocycles. The van der Waals surface area contributed by atoms with Gasteiger partial charge in [-0.15, -0.1) is 16.4 Å². The summed E-state index contributed by atoms with van der Waals surface area (Å²) in [5.74, 6) is 1.76. The molecule has 0 amide bonds. The van der Waals surface area contributed by atoms with E-state index >= 15 is 0 Å². The highest BCUT2D eigenvalue weighted by molar-refractivity contribution is 7.15. The lowest BCUT2D eigenvalue weighted by atomic mass is 10.2. The van der Waals surface area contributed by atoms with Gasteiger partial charge < -0.3 is 10.2 Å². The molecule has 4 rings (SSSR count). The molecule has 3 heterocycles. The molecule has 2 aromatic heterocycles. The fraction of sp³-hybridized carbons (Fsp3) is 0.538. The van der Waals surface area contributed by atoms with Crippen molar-refractivity contribution in [2.45, 2.75) is 19.3 Å². The van der Waals surface area contributed by atoms with Crippen molar-refractivity contribution in [3.63, 3.8) is 0 Å². The third-order valence-electron chi connectivity index (χ3n) is 3.85. The van der Waals surface area contributed by atoms with Gasteiger partial charge in [0.05, 0.1) is 4.88 Å². The lowest BCUT2D eigenvalue weighted by Gasteiger charge is -2.25. The minimum Gasteiger partial charge on any atom is -0.337 e. The first-order valence-corrected chi connectivity index (χ1v) is 7.72. The number of anilines is 1. The Labute approximate surface area is 116 Å². The maximum absolute atomic E-state index is 4.66. The van der Waals surface area contributed by atoms with Crippen LogP contribution in [-0.4, -0.2) is 41.4 Å². The fourth-order valence-corrected chi connectivity index (χ4v) is 4.01. The highest BCUT2D eigenvalue weighted by Crippen LogP contribution is 2.35. The number of fused-ring (bicyclic) bond motifs is 1. The molecule has 1 aliphatic carbocycles. The van der Waals surface area contributed by atoms with Crippen LogP contribution in [0, 0.1) is 0 Å². The highest BCUT2D eigenvalue weighted by atomic mass is 32.1. The Balaban J connectivity index is 1.59. The number of hydrogen-bond donors (Lipinski definition) is 2. The summed E-state index contributed by atoms with van der Waals surface area (Å²) in [4.78, 5) is 9.66. The van der Waals surface area contributed by atoms with E-state index in [4.69, 9.17) is 0 Å². The smallest absolute Gasteiger partial charge is 0.245 e. The van der Waals surface area contributed by atoms with Gasteiger partial charge in [-0.1, -0.05) is 0 Å². The number of thiophene rings is 1. The zero-order valence-corrected chi connectivity index (χ0v) is 11.6. The molecule has 0 atom stereocenters. The number of hydrogen-bond acceptors (Lipinski definition) is 5. The number of nitrogens with zero attached hydrogens (tertiary/aromatic N) is 3. The number of nitrogens with one attached hydrogen (secondary N) is 2. The normalized spacial score (nSPS) is 18.8. The number of rotatable bonds is 2. The van der Waals surface area contributed by atoms with E-state index in [1.54, 1.807) is 0 Å². The number of aromatic amines is 1. The standard InChI is InChI=1S/C13H17N5S/c1-2-9-8-11(19-10(9)3-1)12-15-13(17-16-12)18-6-4-14-5-7-18/h8,14H,1-7H2,(H,15,16,17). The van der Waals surface area contributed by atoms with Crippen molar-refractivity contribution < 1.29 is 0 Å². The van der Waals surface area contributed by atoms with Gasteiger partial charge in [-0.05, 0) is 30.9 Å². The molecule has 2 aromatic rings. The molecule has 100 valence electrons. The minimum atomic E-state index is 0.838. The molecule has 6 heteroatoms. The molecule has 0 aromatic carbocycles. The van der Waals surface area contributed by atoms with Crippen LogP contribution in [0.3, 0.4) is 0 Å². The summed E-state index contributed by atoms with van der Waals surface area (Å²) in [5, 5.41) is 10.8. The summed E-state index contributed by atoms with van der Waals surface area (Å²) in [5.41, 5.74) is 1.51. The second kappa shape index (κ2) is 4.61. The van der Waals surface area contributed by atoms with Gasteiger partial charge in [0.25, 0.3) is 0 Å². The molecule has 0 radical (unpaired) electrons. The molecule has 19 heavy (non-hydrogen) atoms. The first-order chi connectivity index (χ1) is 9.40. The van der Waals surface area contributed by atoms with Crippen molar-refractivity contribution in [3.8, 4) is 10.7 Å². The summed E-state index contributed by atoms with van der Waals surface area (Å²) in [7, 11) is 0. The highest BCUT2D eigenvalue weighted by Gasteiger charge is 2.19. The molecule has 1 fully saturated rings. The monoisotopic (exact) mass is 275 g/mol. The van der Waals surface area contributed by atoms with E-state index in [9.17, 15) is 0 Å². The summed E-state index contributed by atoms with van der Waals surface area (Å²) >= 11 is 1.87. The summed E-state index contributed by atoms with van der Waals surface area (Å²) in [6.07, 6.45) is 3.77. The lowest BCUT2D eigenvalue weighted by molar-refractivity contribution is 0.580. The van der Waals surface area contributed by atoms with Gasteiger partial charge >= 0.3 is 0 Å². The lowest BCUT2D eigenvalue weighted by Crippen LogP contribution is -2.44. The predicted molar refractivity (Wildman–Crippen MR) is 76.8 cm³/mol. The van der Waals surface area contributed by atoms with Crippen LogP contribution in [0.15, 0.2) is 6.07 Å². The fourth-order valence-electron chi connectivity index (χ4n) is 2.82. The van der Waals surface area contributed by atoms with Crippen molar-refractivity contribution in [2.24, 2.45) is 0 Å². The van der Waals surface area contributed by atoms with Crippen LogP contribution in [0.2, 0.25) is 0 Å². The molecular weight excluding hydrogens is 258 g/mol. The van der Waals surface area contributed by atoms with E-state index in [0.717, 1.165) is 38.0 Å². The molecule has 5 nitrogen and oxygen atoms in total. The molecule has 1 aliphatic heterocycles. The van der Waals surface area contributed by atoms with Crippen molar-refractivity contribution >= 4 is 17.3 Å². The van der Waals surface area contributed by atoms with Crippen LogP contribution in [0.5, 0.6) is 0 Å². The molecule has 0 spiro atoms. The Bertz CT molecular complexity index is 560. The second-order valence-electron chi connectivity index (χ2n) is 5.13. The van der Waals surface area contributed by atoms with E-state index in [1.165, 1.54) is 34.6 Å². The van der Waals surface area contributed by atoms with Gasteiger partial charge in [0.2, 0.25) is 5.95 Å². The van der Waals surface area contributed by atoms with Gasteiger partial charge in [0.15, 0.2) is 5.82 Å². The number of piperazine rings is 1. The molecule has 2 N–H and O–H groups in total. The number of aromatic nitrogens is 3. The Morgan fingerprint density at radius 2 is 2.11 bits per heavy atom. The van der Waals surface area contributed by atoms with Gasteiger partial charge in [-0.3, -0.25) is 5.10 Å². The van der Waals surface area contributed by atoms with Gasteiger partial charge in [0, 0.05) is 31.1 Å². The largest absolute Gasteiger partial charge is 0.337 e. The van der Waals surface area contributed by atoms with E-state index in [0.29, 0.717) is 0 Å². The molecule has 2 aliphatic rings. The zero-order chi connectivity index (χ0) is 12.7.